The molecule has 7 nitrogen and oxygen atoms in total. The van der Waals surface area contributed by atoms with Gasteiger partial charge in [-0.05, 0) is 24.4 Å². The number of nitrogens with zero attached hydrogens (tertiary/aromatic N) is 1. The van der Waals surface area contributed by atoms with E-state index in [0.29, 0.717) is 0 Å². The monoisotopic (exact) mass is 344 g/mol. The summed E-state index contributed by atoms with van der Waals surface area (Å²) >= 11 is 1.03. The number of hydrogen-bond acceptors (Lipinski definition) is 6. The van der Waals surface area contributed by atoms with Gasteiger partial charge >= 0.3 is 5.97 Å². The van der Waals surface area contributed by atoms with E-state index in [9.17, 15) is 13.2 Å². The minimum Gasteiger partial charge on any atom is -0.494 e. The number of thiophene rings is 1. The molecule has 22 heavy (non-hydrogen) atoms. The average Bonchev–Trinajstić information content (AvgIpc) is 3.06. The summed E-state index contributed by atoms with van der Waals surface area (Å²) < 4.78 is 38.8. The first-order valence-electron chi connectivity index (χ1n) is 6.37. The molecule has 2 rings (SSSR count). The van der Waals surface area contributed by atoms with Gasteiger partial charge in [0.2, 0.25) is 0 Å². The highest BCUT2D eigenvalue weighted by Gasteiger charge is 2.25. The van der Waals surface area contributed by atoms with Crippen molar-refractivity contribution in [1.29, 1.82) is 0 Å². The Morgan fingerprint density at radius 2 is 2.14 bits per heavy atom. The number of nitrogens with one attached hydrogen (secondary N) is 1. The Bertz CT molecular complexity index is 776. The molecule has 1 N–H and O–H groups in total. The lowest BCUT2D eigenvalue weighted by Crippen LogP contribution is -2.17. The second-order valence-corrected chi connectivity index (χ2v) is 7.09. The minimum absolute atomic E-state index is 0.0497. The van der Waals surface area contributed by atoms with Crippen LogP contribution in [0.5, 0.6) is 5.75 Å². The average molecular weight is 344 g/mol. The van der Waals surface area contributed by atoms with E-state index < -0.39 is 16.0 Å². The summed E-state index contributed by atoms with van der Waals surface area (Å²) in [6.45, 7) is 1.89. The number of carbonyl (C=O) groups excluding carboxylic acids is 1. The van der Waals surface area contributed by atoms with Crippen molar-refractivity contribution in [2.75, 3.05) is 18.4 Å². The van der Waals surface area contributed by atoms with E-state index in [1.54, 1.807) is 31.6 Å². The first-order valence-corrected chi connectivity index (χ1v) is 8.73. The number of sulfonamides is 1. The molecule has 0 saturated carbocycles. The van der Waals surface area contributed by atoms with Gasteiger partial charge in [-0.25, -0.2) is 13.2 Å². The Balaban J connectivity index is 2.37. The molecule has 0 fully saturated rings. The second-order valence-electron chi connectivity index (χ2n) is 4.29. The van der Waals surface area contributed by atoms with Gasteiger partial charge in [0, 0.05) is 13.2 Å². The fourth-order valence-electron chi connectivity index (χ4n) is 1.89. The van der Waals surface area contributed by atoms with Gasteiger partial charge in [0.05, 0.1) is 19.4 Å². The molecule has 0 saturated heterocycles. The highest BCUT2D eigenvalue weighted by molar-refractivity contribution is 7.94. The molecule has 0 aliphatic rings. The Morgan fingerprint density at radius 1 is 1.41 bits per heavy atom. The number of aryl methyl sites for hydroxylation is 1. The lowest BCUT2D eigenvalue weighted by molar-refractivity contribution is 0.0516. The number of aromatic nitrogens is 1. The van der Waals surface area contributed by atoms with Crippen molar-refractivity contribution in [1.82, 2.24) is 4.57 Å². The molecule has 0 spiro atoms. The SMILES string of the molecule is CCOC(=O)c1c(NS(=O)(=O)c2sccc2OC)ccn1C. The van der Waals surface area contributed by atoms with Crippen molar-refractivity contribution in [2.45, 2.75) is 11.1 Å². The quantitative estimate of drug-likeness (QED) is 0.811. The topological polar surface area (TPSA) is 86.6 Å². The predicted molar refractivity (Wildman–Crippen MR) is 83.0 cm³/mol. The lowest BCUT2D eigenvalue weighted by atomic mass is 10.4. The highest BCUT2D eigenvalue weighted by Crippen LogP contribution is 2.31. The van der Waals surface area contributed by atoms with Gasteiger partial charge in [0.1, 0.15) is 5.75 Å². The molecule has 0 atom stereocenters. The van der Waals surface area contributed by atoms with Gasteiger partial charge < -0.3 is 14.0 Å². The molecular formula is C13H16N2O5S2. The van der Waals surface area contributed by atoms with Gasteiger partial charge in [0.15, 0.2) is 9.90 Å². The van der Waals surface area contributed by atoms with Crippen LogP contribution in [0.4, 0.5) is 5.69 Å². The largest absolute Gasteiger partial charge is 0.494 e. The summed E-state index contributed by atoms with van der Waals surface area (Å²) in [7, 11) is -0.817. The molecule has 0 aromatic carbocycles. The molecule has 0 unspecified atom stereocenters. The Hall–Kier alpha value is -2.00. The zero-order valence-corrected chi connectivity index (χ0v) is 14.0. The second kappa shape index (κ2) is 6.41. The summed E-state index contributed by atoms with van der Waals surface area (Å²) in [5.74, 6) is -0.336. The number of hydrogen-bond donors (Lipinski definition) is 1. The highest BCUT2D eigenvalue weighted by atomic mass is 32.2. The standard InChI is InChI=1S/C13H16N2O5S2/c1-4-20-12(16)11-9(5-7-15(11)2)14-22(17,18)13-10(19-3)6-8-21-13/h5-8,14H,4H2,1-3H3. The Labute approximate surface area is 132 Å². The fraction of sp³-hybridized carbons (Fsp3) is 0.308. The van der Waals surface area contributed by atoms with Crippen LogP contribution in [0.3, 0.4) is 0 Å². The van der Waals surface area contributed by atoms with Crippen LogP contribution in [0.25, 0.3) is 0 Å². The van der Waals surface area contributed by atoms with E-state index in [4.69, 9.17) is 9.47 Å². The Morgan fingerprint density at radius 3 is 2.77 bits per heavy atom. The van der Waals surface area contributed by atoms with Crippen LogP contribution in [0.1, 0.15) is 17.4 Å². The number of anilines is 1. The van der Waals surface area contributed by atoms with Crippen molar-refractivity contribution in [3.8, 4) is 5.75 Å². The van der Waals surface area contributed by atoms with Crippen molar-refractivity contribution < 1.29 is 22.7 Å². The molecule has 9 heteroatoms. The van der Waals surface area contributed by atoms with E-state index in [1.807, 2.05) is 0 Å². The molecule has 0 bridgehead atoms. The third-order valence-corrected chi connectivity index (χ3v) is 5.66. The maximum absolute atomic E-state index is 12.4. The smallest absolute Gasteiger partial charge is 0.357 e. The number of rotatable bonds is 6. The molecule has 2 heterocycles. The Kier molecular flexibility index (Phi) is 4.77. The first-order chi connectivity index (χ1) is 10.4. The number of esters is 1. The molecule has 2 aromatic rings. The van der Waals surface area contributed by atoms with Crippen molar-refractivity contribution >= 4 is 33.0 Å². The predicted octanol–water partition coefficient (Wildman–Crippen LogP) is 2.07. The van der Waals surface area contributed by atoms with Crippen LogP contribution in [-0.4, -0.2) is 32.7 Å². The summed E-state index contributed by atoms with van der Waals surface area (Å²) in [6, 6.07) is 3.07. The third kappa shape index (κ3) is 3.09. The normalized spacial score (nSPS) is 11.2. The zero-order valence-electron chi connectivity index (χ0n) is 12.3. The molecule has 0 aliphatic heterocycles. The van der Waals surface area contributed by atoms with Gasteiger partial charge in [-0.1, -0.05) is 0 Å². The molecule has 120 valence electrons. The summed E-state index contributed by atoms with van der Waals surface area (Å²) in [4.78, 5) is 11.9. The van der Waals surface area contributed by atoms with Crippen LogP contribution < -0.4 is 9.46 Å². The van der Waals surface area contributed by atoms with Crippen LogP contribution in [0.15, 0.2) is 27.9 Å². The lowest BCUT2D eigenvalue weighted by Gasteiger charge is -2.10. The minimum atomic E-state index is -3.85. The molecule has 0 radical (unpaired) electrons. The number of ether oxygens (including phenoxy) is 2. The molecule has 2 aromatic heterocycles. The van der Waals surface area contributed by atoms with Gasteiger partial charge in [-0.3, -0.25) is 4.72 Å². The van der Waals surface area contributed by atoms with E-state index in [-0.39, 0.29) is 27.9 Å². The molecular weight excluding hydrogens is 328 g/mol. The summed E-state index contributed by atoms with van der Waals surface area (Å²) in [5, 5.41) is 1.62. The first kappa shape index (κ1) is 16.4. The van der Waals surface area contributed by atoms with Crippen molar-refractivity contribution in [3.63, 3.8) is 0 Å². The zero-order chi connectivity index (χ0) is 16.3. The third-order valence-electron chi connectivity index (χ3n) is 2.85. The number of methoxy groups -OCH3 is 1. The summed E-state index contributed by atoms with van der Waals surface area (Å²) in [6.07, 6.45) is 1.58. The van der Waals surface area contributed by atoms with E-state index in [1.165, 1.54) is 17.7 Å². The van der Waals surface area contributed by atoms with E-state index >= 15 is 0 Å². The van der Waals surface area contributed by atoms with E-state index in [0.717, 1.165) is 11.3 Å². The van der Waals surface area contributed by atoms with Crippen molar-refractivity contribution in [3.05, 3.63) is 29.4 Å². The fourth-order valence-corrected chi connectivity index (χ4v) is 4.23. The van der Waals surface area contributed by atoms with Crippen molar-refractivity contribution in [2.24, 2.45) is 7.05 Å². The van der Waals surface area contributed by atoms with Crippen LogP contribution in [-0.2, 0) is 21.8 Å². The van der Waals surface area contributed by atoms with E-state index in [2.05, 4.69) is 4.72 Å². The number of carbonyl (C=O) groups is 1. The maximum Gasteiger partial charge on any atom is 0.357 e. The van der Waals surface area contributed by atoms with Gasteiger partial charge in [0.25, 0.3) is 10.0 Å². The van der Waals surface area contributed by atoms with Gasteiger partial charge in [-0.15, -0.1) is 11.3 Å². The maximum atomic E-state index is 12.4. The molecule has 0 aliphatic carbocycles. The van der Waals surface area contributed by atoms with Crippen LogP contribution >= 0.6 is 11.3 Å². The van der Waals surface area contributed by atoms with Crippen LogP contribution in [0.2, 0.25) is 0 Å². The van der Waals surface area contributed by atoms with Gasteiger partial charge in [-0.2, -0.15) is 0 Å². The van der Waals surface area contributed by atoms with Crippen LogP contribution in [0, 0.1) is 0 Å². The molecule has 0 amide bonds. The summed E-state index contributed by atoms with van der Waals surface area (Å²) in [5.41, 5.74) is 0.303.